The van der Waals surface area contributed by atoms with E-state index in [0.717, 1.165) is 0 Å². The maximum Gasteiger partial charge on any atom is 0.264 e. The average molecular weight is 386 g/mol. The molecule has 10 heteroatoms. The van der Waals surface area contributed by atoms with Crippen LogP contribution in [0.1, 0.15) is 21.7 Å². The van der Waals surface area contributed by atoms with Crippen molar-refractivity contribution in [1.29, 1.82) is 0 Å². The number of aromatic nitrogens is 4. The fraction of sp³-hybridized carbons (Fsp3) is 0.176. The molecule has 0 atom stereocenters. The molecule has 1 amide bonds. The van der Waals surface area contributed by atoms with Gasteiger partial charge in [0.25, 0.3) is 15.9 Å². The smallest absolute Gasteiger partial charge is 0.264 e. The predicted octanol–water partition coefficient (Wildman–Crippen LogP) is 1.88. The molecule has 0 bridgehead atoms. The molecule has 0 saturated heterocycles. The lowest BCUT2D eigenvalue weighted by Crippen LogP contribution is -2.16. The van der Waals surface area contributed by atoms with E-state index >= 15 is 0 Å². The summed E-state index contributed by atoms with van der Waals surface area (Å²) in [4.78, 5) is 20.3. The van der Waals surface area contributed by atoms with E-state index in [1.54, 1.807) is 33.2 Å². The van der Waals surface area contributed by atoms with Crippen molar-refractivity contribution in [2.45, 2.75) is 18.7 Å². The summed E-state index contributed by atoms with van der Waals surface area (Å²) < 4.78 is 28.9. The highest BCUT2D eigenvalue weighted by molar-refractivity contribution is 7.92. The van der Waals surface area contributed by atoms with Crippen LogP contribution in [0.5, 0.6) is 0 Å². The molecular weight excluding hydrogens is 368 g/mol. The number of hydrogen-bond donors (Lipinski definition) is 2. The maximum atomic E-state index is 12.5. The molecule has 9 nitrogen and oxygen atoms in total. The summed E-state index contributed by atoms with van der Waals surface area (Å²) in [6.07, 6.45) is 3.03. The standard InChI is InChI=1S/C17H18N6O3S/c1-11-8-12(2)20-17(19-11)22-27(25,26)15-6-4-14(5-7-15)21-16(24)13-9-18-23(3)10-13/h4-10H,1-3H3,(H,21,24)(H,19,20,22). The van der Waals surface area contributed by atoms with Gasteiger partial charge in [-0.3, -0.25) is 9.48 Å². The van der Waals surface area contributed by atoms with Crippen molar-refractivity contribution in [3.63, 3.8) is 0 Å². The van der Waals surface area contributed by atoms with Gasteiger partial charge in [-0.1, -0.05) is 0 Å². The summed E-state index contributed by atoms with van der Waals surface area (Å²) in [7, 11) is -2.13. The fourth-order valence-electron chi connectivity index (χ4n) is 2.41. The molecule has 0 aliphatic heterocycles. The van der Waals surface area contributed by atoms with Gasteiger partial charge in [-0.15, -0.1) is 0 Å². The topological polar surface area (TPSA) is 119 Å². The SMILES string of the molecule is Cc1cc(C)nc(NS(=O)(=O)c2ccc(NC(=O)c3cnn(C)c3)cc2)n1. The van der Waals surface area contributed by atoms with Crippen LogP contribution in [0.15, 0.2) is 47.6 Å². The van der Waals surface area contributed by atoms with Crippen LogP contribution in [0.3, 0.4) is 0 Å². The Labute approximate surface area is 156 Å². The molecule has 2 aromatic heterocycles. The monoisotopic (exact) mass is 386 g/mol. The summed E-state index contributed by atoms with van der Waals surface area (Å²) in [6.45, 7) is 3.51. The second-order valence-electron chi connectivity index (χ2n) is 5.96. The largest absolute Gasteiger partial charge is 0.322 e. The Bertz CT molecular complexity index is 1070. The van der Waals surface area contributed by atoms with Crippen molar-refractivity contribution in [2.24, 2.45) is 7.05 Å². The molecule has 3 rings (SSSR count). The minimum Gasteiger partial charge on any atom is -0.322 e. The Morgan fingerprint density at radius 2 is 1.70 bits per heavy atom. The van der Waals surface area contributed by atoms with E-state index in [2.05, 4.69) is 25.1 Å². The van der Waals surface area contributed by atoms with Crippen LogP contribution in [0, 0.1) is 13.8 Å². The normalized spacial score (nSPS) is 11.2. The van der Waals surface area contributed by atoms with E-state index < -0.39 is 10.0 Å². The first-order chi connectivity index (χ1) is 12.7. The zero-order valence-electron chi connectivity index (χ0n) is 15.0. The molecule has 0 spiro atoms. The maximum absolute atomic E-state index is 12.5. The van der Waals surface area contributed by atoms with Gasteiger partial charge in [0.15, 0.2) is 0 Å². The molecule has 0 unspecified atom stereocenters. The summed E-state index contributed by atoms with van der Waals surface area (Å²) in [6, 6.07) is 7.54. The molecule has 0 radical (unpaired) electrons. The van der Waals surface area contributed by atoms with Gasteiger partial charge in [-0.2, -0.15) is 5.10 Å². The summed E-state index contributed by atoms with van der Waals surface area (Å²) in [5.74, 6) is -0.318. The van der Waals surface area contributed by atoms with Crippen LogP contribution >= 0.6 is 0 Å². The average Bonchev–Trinajstić information content (AvgIpc) is 3.00. The second kappa shape index (κ2) is 7.16. The molecule has 0 aliphatic rings. The van der Waals surface area contributed by atoms with Gasteiger partial charge in [0.2, 0.25) is 5.95 Å². The number of hydrogen-bond acceptors (Lipinski definition) is 6. The van der Waals surface area contributed by atoms with Gasteiger partial charge in [-0.05, 0) is 44.2 Å². The third-order valence-electron chi connectivity index (χ3n) is 3.60. The first-order valence-electron chi connectivity index (χ1n) is 7.98. The van der Waals surface area contributed by atoms with Crippen molar-refractivity contribution in [1.82, 2.24) is 19.7 Å². The Morgan fingerprint density at radius 1 is 1.07 bits per heavy atom. The first-order valence-corrected chi connectivity index (χ1v) is 9.46. The molecule has 0 aliphatic carbocycles. The number of anilines is 2. The van der Waals surface area contributed by atoms with Crippen LogP contribution in [0.2, 0.25) is 0 Å². The first kappa shape index (κ1) is 18.5. The molecular formula is C17H18N6O3S. The van der Waals surface area contributed by atoms with E-state index in [9.17, 15) is 13.2 Å². The number of carbonyl (C=O) groups is 1. The molecule has 2 N–H and O–H groups in total. The lowest BCUT2D eigenvalue weighted by atomic mass is 10.3. The van der Waals surface area contributed by atoms with Crippen molar-refractivity contribution >= 4 is 27.6 Å². The molecule has 0 saturated carbocycles. The van der Waals surface area contributed by atoms with E-state index in [-0.39, 0.29) is 16.8 Å². The van der Waals surface area contributed by atoms with Gasteiger partial charge in [0.1, 0.15) is 0 Å². The van der Waals surface area contributed by atoms with Crippen molar-refractivity contribution < 1.29 is 13.2 Å². The molecule has 3 aromatic rings. The minimum atomic E-state index is -3.84. The third-order valence-corrected chi connectivity index (χ3v) is 4.94. The fourth-order valence-corrected chi connectivity index (χ4v) is 3.35. The van der Waals surface area contributed by atoms with Crippen LogP contribution in [-0.2, 0) is 17.1 Å². The highest BCUT2D eigenvalue weighted by atomic mass is 32.2. The van der Waals surface area contributed by atoms with Crippen molar-refractivity contribution in [2.75, 3.05) is 10.0 Å². The Kier molecular flexibility index (Phi) is 4.91. The predicted molar refractivity (Wildman–Crippen MR) is 99.9 cm³/mol. The van der Waals surface area contributed by atoms with Crippen LogP contribution in [0.25, 0.3) is 0 Å². The number of nitrogens with one attached hydrogen (secondary N) is 2. The zero-order valence-corrected chi connectivity index (χ0v) is 15.8. The van der Waals surface area contributed by atoms with Gasteiger partial charge < -0.3 is 5.32 Å². The Hall–Kier alpha value is -3.27. The van der Waals surface area contributed by atoms with Gasteiger partial charge in [0, 0.05) is 30.3 Å². The third kappa shape index (κ3) is 4.47. The van der Waals surface area contributed by atoms with Crippen molar-refractivity contribution in [3.8, 4) is 0 Å². The van der Waals surface area contributed by atoms with Crippen LogP contribution in [0.4, 0.5) is 11.6 Å². The van der Waals surface area contributed by atoms with E-state index in [0.29, 0.717) is 22.6 Å². The summed E-state index contributed by atoms with van der Waals surface area (Å²) in [5, 5.41) is 6.62. The van der Waals surface area contributed by atoms with E-state index in [4.69, 9.17) is 0 Å². The number of benzene rings is 1. The number of nitrogens with zero attached hydrogens (tertiary/aromatic N) is 4. The quantitative estimate of drug-likeness (QED) is 0.691. The second-order valence-corrected chi connectivity index (χ2v) is 7.64. The number of carbonyl (C=O) groups excluding carboxylic acids is 1. The van der Waals surface area contributed by atoms with Crippen molar-refractivity contribution in [3.05, 3.63) is 59.7 Å². The zero-order chi connectivity index (χ0) is 19.6. The molecule has 27 heavy (non-hydrogen) atoms. The number of sulfonamides is 1. The summed E-state index contributed by atoms with van der Waals surface area (Å²) in [5.41, 5.74) is 2.19. The molecule has 1 aromatic carbocycles. The Balaban J connectivity index is 1.74. The van der Waals surface area contributed by atoms with E-state index in [1.165, 1.54) is 35.1 Å². The van der Waals surface area contributed by atoms with Gasteiger partial charge in [0.05, 0.1) is 16.7 Å². The molecule has 2 heterocycles. The van der Waals surface area contributed by atoms with Crippen LogP contribution < -0.4 is 10.0 Å². The minimum absolute atomic E-state index is 0.0152. The number of aryl methyl sites for hydroxylation is 3. The molecule has 0 fully saturated rings. The highest BCUT2D eigenvalue weighted by Gasteiger charge is 2.16. The lowest BCUT2D eigenvalue weighted by Gasteiger charge is -2.09. The number of rotatable bonds is 5. The Morgan fingerprint density at radius 3 is 2.26 bits per heavy atom. The lowest BCUT2D eigenvalue weighted by molar-refractivity contribution is 0.102. The van der Waals surface area contributed by atoms with Crippen LogP contribution in [-0.4, -0.2) is 34.1 Å². The van der Waals surface area contributed by atoms with Gasteiger partial charge >= 0.3 is 0 Å². The van der Waals surface area contributed by atoms with E-state index in [1.807, 2.05) is 0 Å². The molecule has 140 valence electrons. The summed E-state index contributed by atoms with van der Waals surface area (Å²) >= 11 is 0. The number of amides is 1. The highest BCUT2D eigenvalue weighted by Crippen LogP contribution is 2.17. The van der Waals surface area contributed by atoms with Gasteiger partial charge in [-0.25, -0.2) is 23.1 Å².